The molecule has 8 nitrogen and oxygen atoms in total. The van der Waals surface area contributed by atoms with E-state index in [0.29, 0.717) is 23.2 Å². The fourth-order valence-corrected chi connectivity index (χ4v) is 3.45. The molecule has 1 saturated carbocycles. The molecular formula is C23H22N6O2. The number of H-pyrrole nitrogens is 1. The number of amides is 1. The molecule has 1 aliphatic rings. The molecule has 3 N–H and O–H groups in total. The number of fused-ring (bicyclic) bond motifs is 1. The molecule has 1 amide bonds. The molecule has 4 heterocycles. The largest absolute Gasteiger partial charge is 0.474 e. The van der Waals surface area contributed by atoms with Gasteiger partial charge in [0.05, 0.1) is 29.3 Å². The lowest BCUT2D eigenvalue weighted by molar-refractivity contribution is 0.0960. The maximum Gasteiger partial charge on any atom is 0.271 e. The lowest BCUT2D eigenvalue weighted by atomic mass is 10.1. The predicted molar refractivity (Wildman–Crippen MR) is 119 cm³/mol. The first-order valence-electron chi connectivity index (χ1n) is 10.2. The van der Waals surface area contributed by atoms with Crippen LogP contribution in [-0.2, 0) is 0 Å². The van der Waals surface area contributed by atoms with E-state index in [1.165, 1.54) is 0 Å². The van der Waals surface area contributed by atoms with E-state index in [1.54, 1.807) is 25.6 Å². The minimum atomic E-state index is -0.231. The van der Waals surface area contributed by atoms with Crippen molar-refractivity contribution in [2.75, 3.05) is 12.4 Å². The summed E-state index contributed by atoms with van der Waals surface area (Å²) in [5, 5.41) is 6.92. The molecule has 0 unspecified atom stereocenters. The summed E-state index contributed by atoms with van der Waals surface area (Å²) in [6.45, 7) is 2.03. The van der Waals surface area contributed by atoms with E-state index in [4.69, 9.17) is 4.74 Å². The van der Waals surface area contributed by atoms with Gasteiger partial charge in [-0.3, -0.25) is 9.78 Å². The molecule has 0 saturated heterocycles. The Morgan fingerprint density at radius 2 is 2.03 bits per heavy atom. The Labute approximate surface area is 179 Å². The van der Waals surface area contributed by atoms with Crippen molar-refractivity contribution < 1.29 is 9.53 Å². The van der Waals surface area contributed by atoms with Gasteiger partial charge in [0.1, 0.15) is 6.10 Å². The number of aromatic amines is 1. The number of ether oxygens (including phenoxy) is 1. The predicted octanol–water partition coefficient (Wildman–Crippen LogP) is 3.97. The molecule has 156 valence electrons. The second-order valence-electron chi connectivity index (χ2n) is 7.57. The maximum absolute atomic E-state index is 12.2. The summed E-state index contributed by atoms with van der Waals surface area (Å²) in [5.74, 6) is 0.418. The summed E-state index contributed by atoms with van der Waals surface area (Å²) in [6, 6.07) is 7.70. The van der Waals surface area contributed by atoms with Crippen molar-refractivity contribution in [1.82, 2.24) is 25.3 Å². The summed E-state index contributed by atoms with van der Waals surface area (Å²) in [6.07, 6.45) is 9.52. The van der Waals surface area contributed by atoms with E-state index in [1.807, 2.05) is 37.4 Å². The van der Waals surface area contributed by atoms with E-state index in [-0.39, 0.29) is 5.91 Å². The fourth-order valence-electron chi connectivity index (χ4n) is 3.45. The Kier molecular flexibility index (Phi) is 4.74. The van der Waals surface area contributed by atoms with Crippen molar-refractivity contribution in [3.63, 3.8) is 0 Å². The van der Waals surface area contributed by atoms with Gasteiger partial charge >= 0.3 is 0 Å². The van der Waals surface area contributed by atoms with Crippen LogP contribution in [-0.4, -0.2) is 39.0 Å². The van der Waals surface area contributed by atoms with Gasteiger partial charge in [0.2, 0.25) is 5.88 Å². The van der Waals surface area contributed by atoms with Crippen molar-refractivity contribution in [3.8, 4) is 17.1 Å². The second kappa shape index (κ2) is 7.71. The van der Waals surface area contributed by atoms with Crippen molar-refractivity contribution >= 4 is 28.2 Å². The van der Waals surface area contributed by atoms with Crippen LogP contribution in [0.2, 0.25) is 0 Å². The topological polar surface area (TPSA) is 105 Å². The Morgan fingerprint density at radius 3 is 2.77 bits per heavy atom. The smallest absolute Gasteiger partial charge is 0.271 e. The molecule has 1 aliphatic carbocycles. The van der Waals surface area contributed by atoms with E-state index < -0.39 is 0 Å². The number of hydrogen-bond donors (Lipinski definition) is 3. The van der Waals surface area contributed by atoms with Crippen LogP contribution in [0.1, 0.15) is 28.9 Å². The zero-order chi connectivity index (χ0) is 21.4. The first kappa shape index (κ1) is 19.0. The molecule has 0 radical (unpaired) electrons. The number of pyridine rings is 3. The van der Waals surface area contributed by atoms with Gasteiger partial charge in [-0.25, -0.2) is 9.97 Å². The number of aromatic nitrogens is 4. The Bertz CT molecular complexity index is 1260. The van der Waals surface area contributed by atoms with E-state index in [2.05, 4.69) is 30.6 Å². The quantitative estimate of drug-likeness (QED) is 0.441. The molecule has 0 aromatic carbocycles. The van der Waals surface area contributed by atoms with Crippen LogP contribution in [0.3, 0.4) is 0 Å². The molecule has 0 aliphatic heterocycles. The van der Waals surface area contributed by atoms with Gasteiger partial charge in [-0.2, -0.15) is 0 Å². The Morgan fingerprint density at radius 1 is 1.16 bits per heavy atom. The molecular weight excluding hydrogens is 392 g/mol. The van der Waals surface area contributed by atoms with Crippen LogP contribution in [0, 0.1) is 6.92 Å². The number of rotatable bonds is 6. The highest BCUT2D eigenvalue weighted by atomic mass is 16.5. The lowest BCUT2D eigenvalue weighted by Gasteiger charge is -2.12. The highest BCUT2D eigenvalue weighted by Crippen LogP contribution is 2.32. The summed E-state index contributed by atoms with van der Waals surface area (Å²) in [7, 11) is 1.59. The van der Waals surface area contributed by atoms with Crippen LogP contribution in [0.25, 0.3) is 22.2 Å². The number of hydrogen-bond acceptors (Lipinski definition) is 6. The number of carbonyl (C=O) groups is 1. The standard InChI is InChI=1S/C23H22N6O2/c1-13-17(18-9-14-7-8-26-22(21(14)29-18)23(30)24-2)11-25-12-19(13)28-15-3-6-20(27-10-15)31-16-4-5-16/h3,6-12,16,28-29H,4-5H2,1-2H3,(H,24,30). The van der Waals surface area contributed by atoms with Crippen LogP contribution in [0.4, 0.5) is 11.4 Å². The van der Waals surface area contributed by atoms with Gasteiger partial charge in [-0.1, -0.05) is 0 Å². The average molecular weight is 414 g/mol. The average Bonchev–Trinajstić information content (AvgIpc) is 3.50. The molecule has 0 spiro atoms. The van der Waals surface area contributed by atoms with Crippen molar-refractivity contribution in [2.45, 2.75) is 25.9 Å². The normalized spacial score (nSPS) is 13.2. The van der Waals surface area contributed by atoms with Gasteiger partial charge < -0.3 is 20.4 Å². The van der Waals surface area contributed by atoms with Crippen LogP contribution >= 0.6 is 0 Å². The summed E-state index contributed by atoms with van der Waals surface area (Å²) >= 11 is 0. The second-order valence-corrected chi connectivity index (χ2v) is 7.57. The Hall–Kier alpha value is -3.94. The first-order valence-corrected chi connectivity index (χ1v) is 10.2. The van der Waals surface area contributed by atoms with Gasteiger partial charge in [0.15, 0.2) is 5.69 Å². The van der Waals surface area contributed by atoms with Crippen LogP contribution in [0.5, 0.6) is 5.88 Å². The van der Waals surface area contributed by atoms with Gasteiger partial charge in [-0.15, -0.1) is 0 Å². The highest BCUT2D eigenvalue weighted by Gasteiger charge is 2.23. The van der Waals surface area contributed by atoms with Crippen molar-refractivity contribution in [3.05, 3.63) is 60.3 Å². The molecule has 1 fully saturated rings. The minimum Gasteiger partial charge on any atom is -0.474 e. The first-order chi connectivity index (χ1) is 15.1. The number of anilines is 2. The molecule has 4 aromatic rings. The zero-order valence-electron chi connectivity index (χ0n) is 17.3. The molecule has 0 bridgehead atoms. The van der Waals surface area contributed by atoms with Crippen LogP contribution < -0.4 is 15.4 Å². The molecule has 5 rings (SSSR count). The van der Waals surface area contributed by atoms with Gasteiger partial charge in [0.25, 0.3) is 5.91 Å². The number of nitrogens with zero attached hydrogens (tertiary/aromatic N) is 3. The lowest BCUT2D eigenvalue weighted by Crippen LogP contribution is -2.19. The minimum absolute atomic E-state index is 0.231. The van der Waals surface area contributed by atoms with E-state index in [9.17, 15) is 4.79 Å². The number of carbonyl (C=O) groups excluding carboxylic acids is 1. The SMILES string of the molecule is CNC(=O)c1nccc2cc(-c3cncc(Nc4ccc(OC5CC5)nc4)c3C)[nH]c12. The Balaban J connectivity index is 1.44. The maximum atomic E-state index is 12.2. The number of nitrogens with one attached hydrogen (secondary N) is 3. The van der Waals surface area contributed by atoms with Gasteiger partial charge in [0, 0.05) is 42.2 Å². The summed E-state index contributed by atoms with van der Waals surface area (Å²) in [5.41, 5.74) is 5.62. The third-order valence-corrected chi connectivity index (χ3v) is 5.32. The zero-order valence-corrected chi connectivity index (χ0v) is 17.3. The molecule has 31 heavy (non-hydrogen) atoms. The third-order valence-electron chi connectivity index (χ3n) is 5.32. The van der Waals surface area contributed by atoms with E-state index in [0.717, 1.165) is 46.4 Å². The third kappa shape index (κ3) is 3.79. The molecule has 0 atom stereocenters. The molecule has 4 aromatic heterocycles. The monoisotopic (exact) mass is 414 g/mol. The van der Waals surface area contributed by atoms with Gasteiger partial charge in [-0.05, 0) is 43.5 Å². The van der Waals surface area contributed by atoms with Crippen LogP contribution in [0.15, 0.2) is 49.1 Å². The van der Waals surface area contributed by atoms with Crippen molar-refractivity contribution in [1.29, 1.82) is 0 Å². The highest BCUT2D eigenvalue weighted by molar-refractivity contribution is 6.05. The van der Waals surface area contributed by atoms with Crippen molar-refractivity contribution in [2.24, 2.45) is 0 Å². The summed E-state index contributed by atoms with van der Waals surface area (Å²) < 4.78 is 5.71. The fraction of sp³-hybridized carbons (Fsp3) is 0.217. The summed E-state index contributed by atoms with van der Waals surface area (Å²) in [4.78, 5) is 28.5. The molecule has 8 heteroatoms. The van der Waals surface area contributed by atoms with E-state index >= 15 is 0 Å².